The van der Waals surface area contributed by atoms with Gasteiger partial charge in [0.25, 0.3) is 5.56 Å². The summed E-state index contributed by atoms with van der Waals surface area (Å²) >= 11 is 0. The summed E-state index contributed by atoms with van der Waals surface area (Å²) in [6, 6.07) is 5.00. The molecule has 1 rings (SSSR count). The van der Waals surface area contributed by atoms with Crippen molar-refractivity contribution in [1.29, 1.82) is 0 Å². The van der Waals surface area contributed by atoms with Crippen molar-refractivity contribution in [2.75, 3.05) is 13.1 Å². The van der Waals surface area contributed by atoms with Crippen LogP contribution in [0.3, 0.4) is 0 Å². The molecule has 0 saturated heterocycles. The SMILES string of the molecule is CCN(CC)C(=O)CCn1ccccc1=O. The second-order valence-electron chi connectivity index (χ2n) is 3.55. The monoisotopic (exact) mass is 222 g/mol. The van der Waals surface area contributed by atoms with Crippen molar-refractivity contribution in [2.45, 2.75) is 26.8 Å². The molecule has 0 aliphatic rings. The standard InChI is InChI=1S/C12H18N2O2/c1-3-13(4-2)12(16)8-10-14-9-6-5-7-11(14)15/h5-7,9H,3-4,8,10H2,1-2H3. The van der Waals surface area contributed by atoms with Crippen LogP contribution in [0.5, 0.6) is 0 Å². The predicted molar refractivity (Wildman–Crippen MR) is 63.2 cm³/mol. The average Bonchev–Trinajstić information content (AvgIpc) is 2.29. The molecule has 4 nitrogen and oxygen atoms in total. The third-order valence-electron chi connectivity index (χ3n) is 2.58. The van der Waals surface area contributed by atoms with E-state index in [0.29, 0.717) is 13.0 Å². The van der Waals surface area contributed by atoms with Gasteiger partial charge in [-0.05, 0) is 19.9 Å². The van der Waals surface area contributed by atoms with Gasteiger partial charge in [-0.15, -0.1) is 0 Å². The molecule has 0 spiro atoms. The molecular formula is C12H18N2O2. The molecule has 4 heteroatoms. The third-order valence-corrected chi connectivity index (χ3v) is 2.58. The fraction of sp³-hybridized carbons (Fsp3) is 0.500. The van der Waals surface area contributed by atoms with Crippen LogP contribution in [0.1, 0.15) is 20.3 Å². The van der Waals surface area contributed by atoms with Crippen LogP contribution in [0.2, 0.25) is 0 Å². The van der Waals surface area contributed by atoms with Crippen LogP contribution in [0.15, 0.2) is 29.2 Å². The van der Waals surface area contributed by atoms with Gasteiger partial charge in [0.15, 0.2) is 0 Å². The Labute approximate surface area is 95.5 Å². The summed E-state index contributed by atoms with van der Waals surface area (Å²) in [5, 5.41) is 0. The number of hydrogen-bond donors (Lipinski definition) is 0. The first-order chi connectivity index (χ1) is 7.69. The molecule has 0 radical (unpaired) electrons. The molecule has 16 heavy (non-hydrogen) atoms. The minimum absolute atomic E-state index is 0.0603. The minimum atomic E-state index is -0.0603. The number of carbonyl (C=O) groups excluding carboxylic acids is 1. The molecule has 0 fully saturated rings. The molecule has 1 aromatic heterocycles. The van der Waals surface area contributed by atoms with Gasteiger partial charge in [0.05, 0.1) is 0 Å². The Balaban J connectivity index is 2.55. The van der Waals surface area contributed by atoms with Gasteiger partial charge in [-0.2, -0.15) is 0 Å². The van der Waals surface area contributed by atoms with Crippen LogP contribution in [0.25, 0.3) is 0 Å². The van der Waals surface area contributed by atoms with E-state index >= 15 is 0 Å². The van der Waals surface area contributed by atoms with Crippen molar-refractivity contribution < 1.29 is 4.79 Å². The van der Waals surface area contributed by atoms with Crippen LogP contribution in [0.4, 0.5) is 0 Å². The fourth-order valence-electron chi connectivity index (χ4n) is 1.60. The molecule has 0 N–H and O–H groups in total. The maximum Gasteiger partial charge on any atom is 0.250 e. The maximum absolute atomic E-state index is 11.7. The third kappa shape index (κ3) is 3.22. The number of nitrogens with zero attached hydrogens (tertiary/aromatic N) is 2. The highest BCUT2D eigenvalue weighted by Crippen LogP contribution is 1.96. The quantitative estimate of drug-likeness (QED) is 0.749. The zero-order valence-corrected chi connectivity index (χ0v) is 9.85. The van der Waals surface area contributed by atoms with Gasteiger partial charge in [-0.3, -0.25) is 9.59 Å². The first-order valence-corrected chi connectivity index (χ1v) is 5.62. The summed E-state index contributed by atoms with van der Waals surface area (Å²) < 4.78 is 1.56. The Morgan fingerprint density at radius 1 is 1.31 bits per heavy atom. The summed E-state index contributed by atoms with van der Waals surface area (Å²) in [5.74, 6) is 0.0979. The van der Waals surface area contributed by atoms with Crippen LogP contribution in [-0.2, 0) is 11.3 Å². The van der Waals surface area contributed by atoms with Crippen molar-refractivity contribution in [1.82, 2.24) is 9.47 Å². The lowest BCUT2D eigenvalue weighted by molar-refractivity contribution is -0.131. The first kappa shape index (κ1) is 12.5. The van der Waals surface area contributed by atoms with E-state index in [1.54, 1.807) is 27.8 Å². The summed E-state index contributed by atoms with van der Waals surface area (Å²) in [6.07, 6.45) is 2.09. The fourth-order valence-corrected chi connectivity index (χ4v) is 1.60. The van der Waals surface area contributed by atoms with Crippen LogP contribution in [0, 0.1) is 0 Å². The zero-order valence-electron chi connectivity index (χ0n) is 9.85. The maximum atomic E-state index is 11.7. The second kappa shape index (κ2) is 6.10. The normalized spacial score (nSPS) is 10.1. The van der Waals surface area contributed by atoms with Crippen molar-refractivity contribution in [3.8, 4) is 0 Å². The van der Waals surface area contributed by atoms with Gasteiger partial charge in [0, 0.05) is 38.3 Å². The van der Waals surface area contributed by atoms with Crippen molar-refractivity contribution in [3.63, 3.8) is 0 Å². The van der Waals surface area contributed by atoms with E-state index in [-0.39, 0.29) is 11.5 Å². The highest BCUT2D eigenvalue weighted by molar-refractivity contribution is 5.75. The number of carbonyl (C=O) groups is 1. The Morgan fingerprint density at radius 2 is 2.00 bits per heavy atom. The Kier molecular flexibility index (Phi) is 4.76. The lowest BCUT2D eigenvalue weighted by atomic mass is 10.3. The average molecular weight is 222 g/mol. The number of hydrogen-bond acceptors (Lipinski definition) is 2. The summed E-state index contributed by atoms with van der Waals surface area (Å²) in [7, 11) is 0. The van der Waals surface area contributed by atoms with Crippen molar-refractivity contribution in [2.24, 2.45) is 0 Å². The van der Waals surface area contributed by atoms with E-state index in [0.717, 1.165) is 13.1 Å². The Morgan fingerprint density at radius 3 is 2.56 bits per heavy atom. The predicted octanol–water partition coefficient (Wildman–Crippen LogP) is 1.11. The molecule has 0 aliphatic heterocycles. The number of amides is 1. The molecule has 1 heterocycles. The van der Waals surface area contributed by atoms with Crippen LogP contribution >= 0.6 is 0 Å². The van der Waals surface area contributed by atoms with Crippen LogP contribution in [-0.4, -0.2) is 28.5 Å². The highest BCUT2D eigenvalue weighted by atomic mass is 16.2. The highest BCUT2D eigenvalue weighted by Gasteiger charge is 2.09. The van der Waals surface area contributed by atoms with E-state index in [1.807, 2.05) is 13.8 Å². The summed E-state index contributed by atoms with van der Waals surface area (Å²) in [6.45, 7) is 5.80. The van der Waals surface area contributed by atoms with E-state index < -0.39 is 0 Å². The Bertz CT molecular complexity index is 394. The van der Waals surface area contributed by atoms with E-state index in [4.69, 9.17) is 0 Å². The van der Waals surface area contributed by atoms with Gasteiger partial charge < -0.3 is 9.47 Å². The number of aryl methyl sites for hydroxylation is 1. The number of aromatic nitrogens is 1. The van der Waals surface area contributed by atoms with E-state index in [1.165, 1.54) is 6.07 Å². The molecule has 0 aromatic carbocycles. The van der Waals surface area contributed by atoms with Gasteiger partial charge >= 0.3 is 0 Å². The molecular weight excluding hydrogens is 204 g/mol. The van der Waals surface area contributed by atoms with Crippen molar-refractivity contribution in [3.05, 3.63) is 34.7 Å². The number of rotatable bonds is 5. The first-order valence-electron chi connectivity index (χ1n) is 5.62. The Hall–Kier alpha value is -1.58. The van der Waals surface area contributed by atoms with Gasteiger partial charge in [0.1, 0.15) is 0 Å². The lowest BCUT2D eigenvalue weighted by Crippen LogP contribution is -2.32. The largest absolute Gasteiger partial charge is 0.343 e. The van der Waals surface area contributed by atoms with Crippen molar-refractivity contribution >= 4 is 5.91 Å². The molecule has 0 bridgehead atoms. The molecule has 0 saturated carbocycles. The summed E-state index contributed by atoms with van der Waals surface area (Å²) in [4.78, 5) is 24.9. The zero-order chi connectivity index (χ0) is 12.0. The van der Waals surface area contributed by atoms with Crippen LogP contribution < -0.4 is 5.56 Å². The van der Waals surface area contributed by atoms with Gasteiger partial charge in [-0.1, -0.05) is 6.07 Å². The topological polar surface area (TPSA) is 42.3 Å². The number of pyridine rings is 1. The smallest absolute Gasteiger partial charge is 0.250 e. The second-order valence-corrected chi connectivity index (χ2v) is 3.55. The molecule has 0 atom stereocenters. The van der Waals surface area contributed by atoms with E-state index in [2.05, 4.69) is 0 Å². The molecule has 0 aliphatic carbocycles. The lowest BCUT2D eigenvalue weighted by Gasteiger charge is -2.18. The van der Waals surface area contributed by atoms with Gasteiger partial charge in [0.2, 0.25) is 5.91 Å². The molecule has 1 aromatic rings. The van der Waals surface area contributed by atoms with Gasteiger partial charge in [-0.25, -0.2) is 0 Å². The minimum Gasteiger partial charge on any atom is -0.343 e. The summed E-state index contributed by atoms with van der Waals surface area (Å²) in [5.41, 5.74) is -0.0603. The molecule has 0 unspecified atom stereocenters. The molecule has 1 amide bonds. The molecule has 88 valence electrons. The van der Waals surface area contributed by atoms with E-state index in [9.17, 15) is 9.59 Å².